The van der Waals surface area contributed by atoms with Crippen LogP contribution >= 0.6 is 23.5 Å². The van der Waals surface area contributed by atoms with Gasteiger partial charge in [0.25, 0.3) is 0 Å². The molecule has 14 heterocycles. The summed E-state index contributed by atoms with van der Waals surface area (Å²) in [6, 6.07) is 26.6. The molecule has 14 atom stereocenters. The Labute approximate surface area is 727 Å². The van der Waals surface area contributed by atoms with Gasteiger partial charge in [0.05, 0.1) is 75.2 Å². The lowest BCUT2D eigenvalue weighted by Crippen LogP contribution is -2.69. The SMILES string of the molecule is C.C.C.COc1cc2c(cc1O)CCN[C@]21CS[C@@H]2c3c(OC(=O)/C=C/c4ccccc4)c(C)c4c(c3[C@H](COC1=O)N1C2[C@@H]2N[C@@H](Cc3cc(C)c(OC)c(O)c32)[C@@H]1C#N)OCO4.COc1cc2c(cc1O)CCN[C@]21CS[C@@H]2c3c(OC(=O)/C=C/c4ccccc4)c(C)c4c(c3[C@H](COC1=O)N1C2[C@@H]2N[C@@H](Cc3cc(C)c(OC)c(O)c32)[C@@H]1O)OCO4. The number of benzene rings is 8. The van der Waals surface area contributed by atoms with Crippen LogP contribution in [0.5, 0.6) is 80.5 Å². The average molecular weight is 1730 g/mol. The highest BCUT2D eigenvalue weighted by Gasteiger charge is 2.63. The number of esters is 4. The normalized spacial score (nSPS) is 26.5. The maximum absolute atomic E-state index is 14.9. The minimum absolute atomic E-state index is 0. The molecule has 14 aliphatic heterocycles. The number of piperazine rings is 2. The van der Waals surface area contributed by atoms with Gasteiger partial charge in [-0.3, -0.25) is 20.4 Å². The van der Waals surface area contributed by atoms with Crippen LogP contribution in [0.2, 0.25) is 0 Å². The number of hydrogen-bond donors (Lipinski definition) is 9. The number of aliphatic hydroxyl groups excluding tert-OH is 1. The minimum Gasteiger partial charge on any atom is -0.504 e. The van der Waals surface area contributed by atoms with E-state index >= 15 is 0 Å². The third kappa shape index (κ3) is 13.6. The molecule has 0 saturated carbocycles. The number of thioether (sulfide) groups is 2. The minimum atomic E-state index is -1.39. The van der Waals surface area contributed by atoms with E-state index in [2.05, 4.69) is 32.2 Å². The molecule has 650 valence electrons. The molecule has 30 heteroatoms. The molecule has 0 aliphatic carbocycles. The summed E-state index contributed by atoms with van der Waals surface area (Å²) in [6.07, 6.45) is 7.01. The highest BCUT2D eigenvalue weighted by atomic mass is 32.2. The van der Waals surface area contributed by atoms with Gasteiger partial charge in [-0.25, -0.2) is 19.2 Å². The van der Waals surface area contributed by atoms with E-state index in [9.17, 15) is 50.0 Å². The molecule has 2 spiro atoms. The van der Waals surface area contributed by atoms with Crippen molar-refractivity contribution in [2.24, 2.45) is 0 Å². The van der Waals surface area contributed by atoms with E-state index in [0.29, 0.717) is 129 Å². The predicted octanol–water partition coefficient (Wildman–Crippen LogP) is 12.0. The van der Waals surface area contributed by atoms with Crippen molar-refractivity contribution in [3.05, 3.63) is 209 Å². The molecule has 2 unspecified atom stereocenters. The van der Waals surface area contributed by atoms with Gasteiger partial charge in [0.1, 0.15) is 37.0 Å². The maximum Gasteiger partial charge on any atom is 0.336 e. The molecule has 0 amide bonds. The van der Waals surface area contributed by atoms with Crippen LogP contribution in [0.1, 0.15) is 157 Å². The maximum atomic E-state index is 14.9. The summed E-state index contributed by atoms with van der Waals surface area (Å²) in [5, 5.41) is 82.6. The molecular weight excluding hydrogens is 1630 g/mol. The Morgan fingerprint density at radius 1 is 0.524 bits per heavy atom. The largest absolute Gasteiger partial charge is 0.504 e. The molecule has 8 bridgehead atoms. The number of ether oxygens (including phenoxy) is 12. The number of phenols is 4. The second-order valence-electron chi connectivity index (χ2n) is 32.3. The molecule has 0 aromatic heterocycles. The van der Waals surface area contributed by atoms with Gasteiger partial charge in [0.15, 0.2) is 80.1 Å². The monoisotopic (exact) mass is 1730 g/mol. The van der Waals surface area contributed by atoms with Crippen LogP contribution in [0.25, 0.3) is 12.2 Å². The molecule has 0 radical (unpaired) electrons. The van der Waals surface area contributed by atoms with Crippen LogP contribution < -0.4 is 68.6 Å². The summed E-state index contributed by atoms with van der Waals surface area (Å²) in [6.45, 7) is 7.66. The fourth-order valence-corrected chi connectivity index (χ4v) is 24.2. The summed E-state index contributed by atoms with van der Waals surface area (Å²) < 4.78 is 73.1. The van der Waals surface area contributed by atoms with Crippen molar-refractivity contribution >= 4 is 59.6 Å². The Balaban J connectivity index is 0.000000179. The quantitative estimate of drug-likeness (QED) is 0.0349. The number of fused-ring (bicyclic) bond motifs is 18. The van der Waals surface area contributed by atoms with Crippen LogP contribution in [0.15, 0.2) is 109 Å². The number of rotatable bonds is 10. The molecule has 4 saturated heterocycles. The topological polar surface area (TPSA) is 359 Å². The van der Waals surface area contributed by atoms with Crippen LogP contribution in [-0.2, 0) is 65.4 Å². The summed E-state index contributed by atoms with van der Waals surface area (Å²) in [5.74, 6) is 1.30. The van der Waals surface area contributed by atoms with Crippen molar-refractivity contribution in [3.8, 4) is 86.6 Å². The third-order valence-electron chi connectivity index (χ3n) is 26.0. The Morgan fingerprint density at radius 3 is 1.38 bits per heavy atom. The Kier molecular flexibility index (Phi) is 23.4. The summed E-state index contributed by atoms with van der Waals surface area (Å²) in [5.41, 5.74) is 9.88. The number of aromatic hydroxyl groups is 4. The zero-order chi connectivity index (χ0) is 83.9. The van der Waals surface area contributed by atoms with Crippen LogP contribution in [-0.4, -0.2) is 175 Å². The predicted molar refractivity (Wildman–Crippen MR) is 463 cm³/mol. The summed E-state index contributed by atoms with van der Waals surface area (Å²) in [4.78, 5) is 61.7. The number of nitrogens with one attached hydrogen (secondary N) is 4. The molecule has 28 nitrogen and oxygen atoms in total. The van der Waals surface area contributed by atoms with Gasteiger partial charge in [-0.05, 0) is 145 Å². The molecule has 124 heavy (non-hydrogen) atoms. The van der Waals surface area contributed by atoms with Gasteiger partial charge in [-0.2, -0.15) is 5.26 Å². The van der Waals surface area contributed by atoms with Gasteiger partial charge in [-0.1, -0.05) is 95.1 Å². The molecule has 14 aliphatic rings. The van der Waals surface area contributed by atoms with E-state index in [0.717, 1.165) is 44.5 Å². The van der Waals surface area contributed by atoms with Gasteiger partial charge in [0, 0.05) is 99.4 Å². The zero-order valence-electron chi connectivity index (χ0n) is 67.4. The highest BCUT2D eigenvalue weighted by Crippen LogP contribution is 2.67. The second kappa shape index (κ2) is 33.6. The lowest BCUT2D eigenvalue weighted by Gasteiger charge is -2.59. The summed E-state index contributed by atoms with van der Waals surface area (Å²) >= 11 is 2.90. The summed E-state index contributed by atoms with van der Waals surface area (Å²) in [7, 11) is 5.97. The van der Waals surface area contributed by atoms with Crippen LogP contribution in [0.3, 0.4) is 0 Å². The van der Waals surface area contributed by atoms with Crippen LogP contribution in [0, 0.1) is 39.0 Å². The number of methoxy groups -OCH3 is 4. The third-order valence-corrected chi connectivity index (χ3v) is 29.0. The number of carbonyl (C=O) groups excluding carboxylic acids is 4. The molecule has 4 fully saturated rings. The molecule has 8 aromatic carbocycles. The van der Waals surface area contributed by atoms with Crippen molar-refractivity contribution in [1.29, 1.82) is 5.26 Å². The van der Waals surface area contributed by atoms with E-state index in [4.69, 9.17) is 56.8 Å². The van der Waals surface area contributed by atoms with Gasteiger partial charge in [-0.15, -0.1) is 23.5 Å². The first-order chi connectivity index (χ1) is 58.6. The van der Waals surface area contributed by atoms with E-state index in [1.165, 1.54) is 64.1 Å². The second-order valence-corrected chi connectivity index (χ2v) is 34.6. The zero-order valence-corrected chi connectivity index (χ0v) is 69.0. The number of nitriles is 1. The molecule has 8 aromatic rings. The van der Waals surface area contributed by atoms with Crippen LogP contribution in [0.4, 0.5) is 0 Å². The van der Waals surface area contributed by atoms with E-state index in [-0.39, 0.29) is 113 Å². The standard InChI is InChI=1S/C46H44N4O10S.C45H45N3O11S.3CH4/c1-22-14-26-15-28-29(18-47)50-30-19-57-45(54)46(27-17-32(55-3)31(51)16-25(27)12-13-48-46)20-61-44(38(50)37(49-28)34(26)39(53)40(22)56-4)36-35(30)43-42(58-21-59-43)23(2)41(36)60-33(52)11-10-24-8-6-5-7-9-24;1-21-14-25-15-27-43(52)48-28-18-56-44(53)45(26-17-30(54-3)29(49)16-24(26)12-13-46-45)19-60-42(36(48)35(47-27)32(25)37(51)38(21)55-4)34-33(28)41-40(57-20-58-41)22(2)39(34)59-31(50)11-10-23-8-6-5-7-9-23;;;/h5-11,14,16-17,28-30,37-38,44,48-49,51,53H,12-13,15,19-21H2,1-4H3;5-11,14,16-17,27-28,35-36,42-43,46-47,49,51-52H,12-13,15,18-20H2,1-4H3;3*1H4/b2*11-10+;;;/t28-,29-,30-,37+,38?,44+,46+;27-,28-,35+,36?,42+,43-,45+;;;/m00.../s1. The van der Waals surface area contributed by atoms with Crippen molar-refractivity contribution in [2.75, 3.05) is 79.8 Å². The number of aliphatic hydroxyl groups is 1. The molecule has 22 rings (SSSR count). The fraction of sp³-hybridized carbons (Fsp3) is 0.394. The first-order valence-corrected chi connectivity index (χ1v) is 42.4. The molecular formula is C94H101N7O21S2. The number of nitrogens with zero attached hydrogens (tertiary/aromatic N) is 3. The highest BCUT2D eigenvalue weighted by molar-refractivity contribution is 7.99. The lowest BCUT2D eigenvalue weighted by molar-refractivity contribution is -0.164. The van der Waals surface area contributed by atoms with Gasteiger partial charge in [0.2, 0.25) is 13.6 Å². The number of phenolic OH excluding ortho intramolecular Hbond substituents is 4. The average Bonchev–Trinajstić information content (AvgIpc) is 0.840. The number of hydrogen-bond acceptors (Lipinski definition) is 30. The van der Waals surface area contributed by atoms with Crippen molar-refractivity contribution < 1.29 is 102 Å². The van der Waals surface area contributed by atoms with Crippen molar-refractivity contribution in [2.45, 2.75) is 158 Å². The molecule has 9 N–H and O–H groups in total. The smallest absolute Gasteiger partial charge is 0.336 e. The number of aryl methyl sites for hydroxylation is 2. The van der Waals surface area contributed by atoms with E-state index < -0.39 is 100 Å². The first kappa shape index (κ1) is 86.2. The first-order valence-electron chi connectivity index (χ1n) is 40.3. The van der Waals surface area contributed by atoms with Crippen molar-refractivity contribution in [1.82, 2.24) is 31.1 Å². The van der Waals surface area contributed by atoms with E-state index in [1.807, 2.05) is 105 Å². The van der Waals surface area contributed by atoms with Gasteiger partial charge >= 0.3 is 23.9 Å². The lowest BCUT2D eigenvalue weighted by atomic mass is 9.72. The van der Waals surface area contributed by atoms with Gasteiger partial charge < -0.3 is 93.0 Å². The Hall–Kier alpha value is -11.4. The van der Waals surface area contributed by atoms with Crippen molar-refractivity contribution in [3.63, 3.8) is 0 Å². The fourth-order valence-electron chi connectivity index (χ4n) is 20.8. The Morgan fingerprint density at radius 2 is 0.944 bits per heavy atom. The Bertz CT molecular complexity index is 5750. The number of carbonyl (C=O) groups is 4. The van der Waals surface area contributed by atoms with E-state index in [1.54, 1.807) is 36.4 Å².